The Kier molecular flexibility index (Phi) is 5.73. The van der Waals surface area contributed by atoms with E-state index in [0.29, 0.717) is 6.54 Å². The summed E-state index contributed by atoms with van der Waals surface area (Å²) in [7, 11) is 4.05. The predicted molar refractivity (Wildman–Crippen MR) is 90.9 cm³/mol. The highest BCUT2D eigenvalue weighted by molar-refractivity contribution is 5.95. The Morgan fingerprint density at radius 2 is 1.55 bits per heavy atom. The Morgan fingerprint density at radius 3 is 2.18 bits per heavy atom. The summed E-state index contributed by atoms with van der Waals surface area (Å²) in [5.74, 6) is 0.101. The molecule has 22 heavy (non-hydrogen) atoms. The number of aryl methyl sites for hydroxylation is 1. The smallest absolute Gasteiger partial charge is 0.254 e. The number of hydrogen-bond donors (Lipinski definition) is 0. The van der Waals surface area contributed by atoms with Crippen molar-refractivity contribution in [2.24, 2.45) is 0 Å². The minimum absolute atomic E-state index is 0.101. The minimum Gasteiger partial charge on any atom is -0.333 e. The lowest BCUT2D eigenvalue weighted by atomic mass is 10.1. The highest BCUT2D eigenvalue weighted by Gasteiger charge is 2.17. The Hall–Kier alpha value is -2.13. The summed E-state index contributed by atoms with van der Waals surface area (Å²) >= 11 is 0. The number of carbonyl (C=O) groups excluding carboxylic acids is 1. The number of likely N-dealkylation sites (N-methyl/N-ethyl adjacent to an activating group) is 1. The van der Waals surface area contributed by atoms with E-state index in [-0.39, 0.29) is 5.91 Å². The zero-order valence-corrected chi connectivity index (χ0v) is 13.6. The van der Waals surface area contributed by atoms with Crippen molar-refractivity contribution < 1.29 is 4.79 Å². The summed E-state index contributed by atoms with van der Waals surface area (Å²) in [5, 5.41) is 0. The van der Waals surface area contributed by atoms with Crippen LogP contribution >= 0.6 is 0 Å². The highest BCUT2D eigenvalue weighted by Crippen LogP contribution is 2.13. The Bertz CT molecular complexity index is 608. The first-order chi connectivity index (χ1) is 10.6. The van der Waals surface area contributed by atoms with Crippen LogP contribution in [0.4, 0.5) is 0 Å². The van der Waals surface area contributed by atoms with Crippen LogP contribution in [0, 0.1) is 6.92 Å². The van der Waals surface area contributed by atoms with E-state index in [0.717, 1.165) is 29.8 Å². The molecule has 3 nitrogen and oxygen atoms in total. The molecule has 116 valence electrons. The molecule has 1 amide bonds. The molecule has 0 unspecified atom stereocenters. The second-order valence-electron chi connectivity index (χ2n) is 5.83. The molecule has 0 fully saturated rings. The molecule has 0 aliphatic carbocycles. The average Bonchev–Trinajstić information content (AvgIpc) is 2.52. The number of amides is 1. The van der Waals surface area contributed by atoms with Gasteiger partial charge in [-0.1, -0.05) is 48.5 Å². The lowest BCUT2D eigenvalue weighted by Gasteiger charge is -2.25. The van der Waals surface area contributed by atoms with Crippen molar-refractivity contribution in [3.05, 3.63) is 71.3 Å². The normalized spacial score (nSPS) is 10.7. The number of benzene rings is 2. The van der Waals surface area contributed by atoms with E-state index in [2.05, 4.69) is 17.0 Å². The van der Waals surface area contributed by atoms with Gasteiger partial charge >= 0.3 is 0 Å². The number of hydrogen-bond acceptors (Lipinski definition) is 2. The van der Waals surface area contributed by atoms with Crippen molar-refractivity contribution in [3.8, 4) is 0 Å². The fourth-order valence-electron chi connectivity index (χ4n) is 2.36. The third-order valence-corrected chi connectivity index (χ3v) is 3.70. The summed E-state index contributed by atoms with van der Waals surface area (Å²) in [6.07, 6.45) is 0. The molecule has 0 spiro atoms. The molecule has 0 bridgehead atoms. The number of nitrogens with zero attached hydrogens (tertiary/aromatic N) is 2. The third kappa shape index (κ3) is 4.43. The summed E-state index contributed by atoms with van der Waals surface area (Å²) < 4.78 is 0. The molecular formula is C19H24N2O. The molecule has 2 rings (SSSR count). The molecule has 2 aromatic rings. The average molecular weight is 296 g/mol. The predicted octanol–water partition coefficient (Wildman–Crippen LogP) is 3.20. The van der Waals surface area contributed by atoms with E-state index in [1.165, 1.54) is 0 Å². The minimum atomic E-state index is 0.101. The van der Waals surface area contributed by atoms with Crippen molar-refractivity contribution in [3.63, 3.8) is 0 Å². The SMILES string of the molecule is Cc1ccccc1C(=O)N(CCN(C)C)Cc1ccccc1. The van der Waals surface area contributed by atoms with Gasteiger partial charge in [-0.2, -0.15) is 0 Å². The number of rotatable bonds is 6. The maximum Gasteiger partial charge on any atom is 0.254 e. The Labute approximate surface area is 133 Å². The van der Waals surface area contributed by atoms with Crippen LogP contribution in [-0.2, 0) is 6.54 Å². The van der Waals surface area contributed by atoms with Gasteiger partial charge < -0.3 is 9.80 Å². The van der Waals surface area contributed by atoms with Gasteiger partial charge in [0.1, 0.15) is 0 Å². The summed E-state index contributed by atoms with van der Waals surface area (Å²) in [6.45, 7) is 4.20. The highest BCUT2D eigenvalue weighted by atomic mass is 16.2. The Balaban J connectivity index is 2.20. The lowest BCUT2D eigenvalue weighted by molar-refractivity contribution is 0.0731. The first-order valence-electron chi connectivity index (χ1n) is 7.61. The van der Waals surface area contributed by atoms with Gasteiger partial charge in [-0.3, -0.25) is 4.79 Å². The van der Waals surface area contributed by atoms with Crippen LogP contribution in [0.1, 0.15) is 21.5 Å². The number of carbonyl (C=O) groups is 1. The van der Waals surface area contributed by atoms with Gasteiger partial charge in [-0.25, -0.2) is 0 Å². The quantitative estimate of drug-likeness (QED) is 0.817. The van der Waals surface area contributed by atoms with Crippen LogP contribution in [0.3, 0.4) is 0 Å². The monoisotopic (exact) mass is 296 g/mol. The van der Waals surface area contributed by atoms with Crippen molar-refractivity contribution >= 4 is 5.91 Å². The summed E-state index contributed by atoms with van der Waals surface area (Å²) in [4.78, 5) is 16.9. The van der Waals surface area contributed by atoms with Gasteiger partial charge in [-0.15, -0.1) is 0 Å². The zero-order chi connectivity index (χ0) is 15.9. The molecule has 0 heterocycles. The third-order valence-electron chi connectivity index (χ3n) is 3.70. The molecule has 3 heteroatoms. The van der Waals surface area contributed by atoms with Crippen LogP contribution in [0.25, 0.3) is 0 Å². The molecule has 2 aromatic carbocycles. The molecule has 0 aliphatic heterocycles. The van der Waals surface area contributed by atoms with E-state index < -0.39 is 0 Å². The molecule has 0 aromatic heterocycles. The van der Waals surface area contributed by atoms with Gasteiger partial charge in [0.15, 0.2) is 0 Å². The maximum atomic E-state index is 12.9. The molecule has 0 saturated heterocycles. The first kappa shape index (κ1) is 16.2. The molecular weight excluding hydrogens is 272 g/mol. The first-order valence-corrected chi connectivity index (χ1v) is 7.61. The topological polar surface area (TPSA) is 23.6 Å². The van der Waals surface area contributed by atoms with Gasteiger partial charge in [0.2, 0.25) is 0 Å². The van der Waals surface area contributed by atoms with Gasteiger partial charge in [0.05, 0.1) is 0 Å². The van der Waals surface area contributed by atoms with Crippen LogP contribution in [-0.4, -0.2) is 42.9 Å². The van der Waals surface area contributed by atoms with Crippen LogP contribution in [0.5, 0.6) is 0 Å². The van der Waals surface area contributed by atoms with E-state index >= 15 is 0 Å². The van der Waals surface area contributed by atoms with Crippen LogP contribution < -0.4 is 0 Å². The van der Waals surface area contributed by atoms with Crippen molar-refractivity contribution in [1.29, 1.82) is 0 Å². The zero-order valence-electron chi connectivity index (χ0n) is 13.6. The molecule has 0 N–H and O–H groups in total. The van der Waals surface area contributed by atoms with E-state index in [1.807, 2.05) is 68.4 Å². The van der Waals surface area contributed by atoms with Crippen LogP contribution in [0.2, 0.25) is 0 Å². The van der Waals surface area contributed by atoms with Gasteiger partial charge in [0, 0.05) is 25.2 Å². The fraction of sp³-hybridized carbons (Fsp3) is 0.316. The maximum absolute atomic E-state index is 12.9. The van der Waals surface area contributed by atoms with Crippen LogP contribution in [0.15, 0.2) is 54.6 Å². The van der Waals surface area contributed by atoms with Crippen molar-refractivity contribution in [2.75, 3.05) is 27.2 Å². The fourth-order valence-corrected chi connectivity index (χ4v) is 2.36. The standard InChI is InChI=1S/C19H24N2O/c1-16-9-7-8-12-18(16)19(22)21(14-13-20(2)3)15-17-10-5-4-6-11-17/h4-12H,13-15H2,1-3H3. The molecule has 0 aliphatic rings. The van der Waals surface area contributed by atoms with Crippen molar-refractivity contribution in [1.82, 2.24) is 9.80 Å². The summed E-state index contributed by atoms with van der Waals surface area (Å²) in [5.41, 5.74) is 2.97. The van der Waals surface area contributed by atoms with Crippen molar-refractivity contribution in [2.45, 2.75) is 13.5 Å². The van der Waals surface area contributed by atoms with Gasteiger partial charge in [-0.05, 0) is 38.2 Å². The largest absolute Gasteiger partial charge is 0.333 e. The Morgan fingerprint density at radius 1 is 0.909 bits per heavy atom. The lowest BCUT2D eigenvalue weighted by Crippen LogP contribution is -2.36. The second-order valence-corrected chi connectivity index (χ2v) is 5.83. The summed E-state index contributed by atoms with van der Waals surface area (Å²) in [6, 6.07) is 17.9. The molecule has 0 atom stereocenters. The van der Waals surface area contributed by atoms with Gasteiger partial charge in [0.25, 0.3) is 5.91 Å². The van der Waals surface area contributed by atoms with E-state index in [1.54, 1.807) is 0 Å². The van der Waals surface area contributed by atoms with E-state index in [9.17, 15) is 4.79 Å². The second kappa shape index (κ2) is 7.76. The van der Waals surface area contributed by atoms with E-state index in [4.69, 9.17) is 0 Å². The molecule has 0 saturated carbocycles. The molecule has 0 radical (unpaired) electrons.